The Hall–Kier alpha value is -2.75. The van der Waals surface area contributed by atoms with Crippen molar-refractivity contribution in [2.45, 2.75) is 6.92 Å². The fourth-order valence-corrected chi connectivity index (χ4v) is 4.86. The van der Waals surface area contributed by atoms with E-state index in [4.69, 9.17) is 4.74 Å². The van der Waals surface area contributed by atoms with Gasteiger partial charge >= 0.3 is 0 Å². The third kappa shape index (κ3) is 4.31. The molecule has 29 heavy (non-hydrogen) atoms. The van der Waals surface area contributed by atoms with E-state index in [2.05, 4.69) is 20.7 Å². The number of aryl methyl sites for hydroxylation is 1. The molecule has 9 heteroatoms. The van der Waals surface area contributed by atoms with Gasteiger partial charge < -0.3 is 9.64 Å². The van der Waals surface area contributed by atoms with Crippen molar-refractivity contribution in [2.24, 2.45) is 0 Å². The minimum atomic E-state index is -0.370. The van der Waals surface area contributed by atoms with Crippen LogP contribution in [0.5, 0.6) is 0 Å². The molecular formula is C20H20N4O3S2. The average Bonchev–Trinajstić information content (AvgIpc) is 3.40. The molecule has 1 fully saturated rings. The number of benzene rings is 1. The summed E-state index contributed by atoms with van der Waals surface area (Å²) in [4.78, 5) is 32.9. The molecule has 3 heterocycles. The van der Waals surface area contributed by atoms with Crippen molar-refractivity contribution < 1.29 is 14.3 Å². The van der Waals surface area contributed by atoms with Crippen molar-refractivity contribution in [1.29, 1.82) is 0 Å². The summed E-state index contributed by atoms with van der Waals surface area (Å²) in [7, 11) is 0. The molecule has 0 atom stereocenters. The molecule has 1 saturated heterocycles. The maximum absolute atomic E-state index is 12.6. The number of nitrogens with zero attached hydrogens (tertiary/aromatic N) is 2. The molecular weight excluding hydrogens is 408 g/mol. The van der Waals surface area contributed by atoms with E-state index in [-0.39, 0.29) is 11.8 Å². The van der Waals surface area contributed by atoms with Crippen LogP contribution in [0.1, 0.15) is 25.0 Å². The van der Waals surface area contributed by atoms with Gasteiger partial charge in [0.1, 0.15) is 9.75 Å². The first-order chi connectivity index (χ1) is 14.1. The molecule has 2 amide bonds. The number of aromatic nitrogens is 1. The minimum absolute atomic E-state index is 0.345. The predicted octanol–water partition coefficient (Wildman–Crippen LogP) is 3.09. The molecule has 2 aromatic heterocycles. The van der Waals surface area contributed by atoms with Gasteiger partial charge in [0, 0.05) is 18.7 Å². The maximum atomic E-state index is 12.6. The number of thiophene rings is 1. The average molecular weight is 429 g/mol. The SMILES string of the molecule is Cc1nc(N2CCOCC2)sc1C(=O)NNC(=O)c1sccc1-c1ccccc1. The molecule has 0 aliphatic carbocycles. The lowest BCUT2D eigenvalue weighted by Gasteiger charge is -2.25. The van der Waals surface area contributed by atoms with Crippen molar-refractivity contribution in [3.63, 3.8) is 0 Å². The number of morpholine rings is 1. The number of hydrogen-bond acceptors (Lipinski definition) is 7. The van der Waals surface area contributed by atoms with Crippen molar-refractivity contribution >= 4 is 39.6 Å². The van der Waals surface area contributed by atoms with Crippen LogP contribution in [0.4, 0.5) is 5.13 Å². The van der Waals surface area contributed by atoms with Crippen molar-refractivity contribution in [3.8, 4) is 11.1 Å². The number of thiazole rings is 1. The molecule has 3 aromatic rings. The van der Waals surface area contributed by atoms with Gasteiger partial charge in [0.2, 0.25) is 0 Å². The number of ether oxygens (including phenoxy) is 1. The Morgan fingerprint density at radius 1 is 1.03 bits per heavy atom. The van der Waals surface area contributed by atoms with Gasteiger partial charge in [-0.05, 0) is 23.9 Å². The second-order valence-corrected chi connectivity index (χ2v) is 8.34. The van der Waals surface area contributed by atoms with Gasteiger partial charge in [0.05, 0.1) is 18.9 Å². The number of rotatable bonds is 4. The second-order valence-electron chi connectivity index (χ2n) is 6.45. The monoisotopic (exact) mass is 428 g/mol. The second kappa shape index (κ2) is 8.73. The third-order valence-electron chi connectivity index (χ3n) is 4.52. The van der Waals surface area contributed by atoms with Crippen LogP contribution in [0.25, 0.3) is 11.1 Å². The highest BCUT2D eigenvalue weighted by atomic mass is 32.1. The van der Waals surface area contributed by atoms with Crippen LogP contribution >= 0.6 is 22.7 Å². The van der Waals surface area contributed by atoms with Crippen molar-refractivity contribution in [2.75, 3.05) is 31.2 Å². The highest BCUT2D eigenvalue weighted by molar-refractivity contribution is 7.17. The summed E-state index contributed by atoms with van der Waals surface area (Å²) in [6.45, 7) is 4.61. The first-order valence-corrected chi connectivity index (χ1v) is 10.9. The molecule has 0 unspecified atom stereocenters. The predicted molar refractivity (Wildman–Crippen MR) is 115 cm³/mol. The molecule has 150 valence electrons. The molecule has 1 aliphatic heterocycles. The largest absolute Gasteiger partial charge is 0.378 e. The fourth-order valence-electron chi connectivity index (χ4n) is 3.04. The lowest BCUT2D eigenvalue weighted by Crippen LogP contribution is -2.41. The van der Waals surface area contributed by atoms with E-state index in [0.717, 1.165) is 29.3 Å². The number of carbonyl (C=O) groups is 2. The van der Waals surface area contributed by atoms with Crippen LogP contribution in [-0.2, 0) is 4.74 Å². The first-order valence-electron chi connectivity index (χ1n) is 9.17. The highest BCUT2D eigenvalue weighted by Crippen LogP contribution is 2.28. The van der Waals surface area contributed by atoms with Crippen LogP contribution in [0.2, 0.25) is 0 Å². The molecule has 1 aliphatic rings. The Balaban J connectivity index is 1.42. The Kier molecular flexibility index (Phi) is 5.89. The van der Waals surface area contributed by atoms with E-state index in [1.54, 1.807) is 6.92 Å². The van der Waals surface area contributed by atoms with E-state index >= 15 is 0 Å². The standard InChI is InChI=1S/C20H20N4O3S2/c1-13-16(29-20(21-13)24-8-10-27-11-9-24)18(25)22-23-19(26)17-15(7-12-28-17)14-5-3-2-4-6-14/h2-7,12H,8-11H2,1H3,(H,22,25)(H,23,26). The quantitative estimate of drug-likeness (QED) is 0.624. The van der Waals surface area contributed by atoms with E-state index < -0.39 is 0 Å². The van der Waals surface area contributed by atoms with Gasteiger partial charge in [-0.15, -0.1) is 11.3 Å². The summed E-state index contributed by atoms with van der Waals surface area (Å²) in [5.74, 6) is -0.714. The van der Waals surface area contributed by atoms with Crippen LogP contribution in [0.15, 0.2) is 41.8 Å². The van der Waals surface area contributed by atoms with Gasteiger partial charge in [0.25, 0.3) is 11.8 Å². The normalized spacial score (nSPS) is 13.9. The zero-order chi connectivity index (χ0) is 20.2. The summed E-state index contributed by atoms with van der Waals surface area (Å²) < 4.78 is 5.36. The number of hydrogen-bond donors (Lipinski definition) is 2. The zero-order valence-corrected chi connectivity index (χ0v) is 17.4. The van der Waals surface area contributed by atoms with Crippen LogP contribution in [0.3, 0.4) is 0 Å². The van der Waals surface area contributed by atoms with Crippen LogP contribution < -0.4 is 15.8 Å². The minimum Gasteiger partial charge on any atom is -0.378 e. The maximum Gasteiger partial charge on any atom is 0.281 e. The van der Waals surface area contributed by atoms with Gasteiger partial charge in [-0.3, -0.25) is 20.4 Å². The van der Waals surface area contributed by atoms with E-state index in [1.807, 2.05) is 41.8 Å². The number of hydrazine groups is 1. The van der Waals surface area contributed by atoms with Gasteiger partial charge in [0.15, 0.2) is 5.13 Å². The Morgan fingerprint density at radius 2 is 1.72 bits per heavy atom. The molecule has 0 bridgehead atoms. The van der Waals surface area contributed by atoms with Crippen LogP contribution in [0, 0.1) is 6.92 Å². The zero-order valence-electron chi connectivity index (χ0n) is 15.8. The van der Waals surface area contributed by atoms with Gasteiger partial charge in [-0.1, -0.05) is 41.7 Å². The molecule has 0 saturated carbocycles. The summed E-state index contributed by atoms with van der Waals surface area (Å²) >= 11 is 2.66. The Bertz CT molecular complexity index is 1010. The van der Waals surface area contributed by atoms with Crippen LogP contribution in [-0.4, -0.2) is 43.1 Å². The number of amides is 2. The lowest BCUT2D eigenvalue weighted by atomic mass is 10.1. The number of carbonyl (C=O) groups excluding carboxylic acids is 2. The Labute approximate surface area is 176 Å². The summed E-state index contributed by atoms with van der Waals surface area (Å²) in [6, 6.07) is 11.6. The third-order valence-corrected chi connectivity index (χ3v) is 6.65. The number of nitrogens with one attached hydrogen (secondary N) is 2. The van der Waals surface area contributed by atoms with Crippen molar-refractivity contribution in [3.05, 3.63) is 57.2 Å². The highest BCUT2D eigenvalue weighted by Gasteiger charge is 2.21. The summed E-state index contributed by atoms with van der Waals surface area (Å²) in [5.41, 5.74) is 7.48. The topological polar surface area (TPSA) is 83.6 Å². The van der Waals surface area contributed by atoms with E-state index in [0.29, 0.717) is 28.7 Å². The first kappa shape index (κ1) is 19.6. The number of anilines is 1. The smallest absolute Gasteiger partial charge is 0.281 e. The van der Waals surface area contributed by atoms with E-state index in [1.165, 1.54) is 22.7 Å². The van der Waals surface area contributed by atoms with Gasteiger partial charge in [-0.25, -0.2) is 4.98 Å². The molecule has 0 radical (unpaired) electrons. The molecule has 0 spiro atoms. The fraction of sp³-hybridized carbons (Fsp3) is 0.250. The van der Waals surface area contributed by atoms with E-state index in [9.17, 15) is 9.59 Å². The molecule has 1 aromatic carbocycles. The van der Waals surface area contributed by atoms with Gasteiger partial charge in [-0.2, -0.15) is 0 Å². The molecule has 2 N–H and O–H groups in total. The summed E-state index contributed by atoms with van der Waals surface area (Å²) in [6.07, 6.45) is 0. The molecule has 7 nitrogen and oxygen atoms in total. The lowest BCUT2D eigenvalue weighted by molar-refractivity contribution is 0.0851. The van der Waals surface area contributed by atoms with Crippen molar-refractivity contribution in [1.82, 2.24) is 15.8 Å². The summed E-state index contributed by atoms with van der Waals surface area (Å²) in [5, 5.41) is 2.66. The molecule has 4 rings (SSSR count). The Morgan fingerprint density at radius 3 is 2.45 bits per heavy atom.